The van der Waals surface area contributed by atoms with Crippen LogP contribution < -0.4 is 0 Å². The standard InChI is InChI=1S/C37H35BrN2O4/c1-6-8-10-19(4)39-34(41)23-15-13-22-31-27(38)17-26-30-24(35(42)40(37(26)44)20(5)11-9-7-2)14-12-21(33(30)31)28-18(3)16-25(36(39)43)29(23)32(22)28/h12-17,19-20H,6-11H2,1-5H3. The highest BCUT2D eigenvalue weighted by Gasteiger charge is 2.40. The zero-order chi connectivity index (χ0) is 31.2. The third-order valence-electron chi connectivity index (χ3n) is 9.88. The topological polar surface area (TPSA) is 74.8 Å². The molecule has 0 saturated heterocycles. The molecular formula is C37H35BrN2O4. The molecule has 0 N–H and O–H groups in total. The number of benzene rings is 5. The van der Waals surface area contributed by atoms with E-state index in [9.17, 15) is 19.2 Å². The van der Waals surface area contributed by atoms with Gasteiger partial charge < -0.3 is 0 Å². The highest BCUT2D eigenvalue weighted by atomic mass is 79.9. The Morgan fingerprint density at radius 3 is 1.52 bits per heavy atom. The van der Waals surface area contributed by atoms with Crippen molar-refractivity contribution in [2.75, 3.05) is 0 Å². The van der Waals surface area contributed by atoms with Gasteiger partial charge in [0.1, 0.15) is 0 Å². The van der Waals surface area contributed by atoms with E-state index in [1.54, 1.807) is 0 Å². The number of rotatable bonds is 8. The van der Waals surface area contributed by atoms with Crippen LogP contribution in [-0.4, -0.2) is 45.5 Å². The van der Waals surface area contributed by atoms with E-state index in [0.717, 1.165) is 80.9 Å². The summed E-state index contributed by atoms with van der Waals surface area (Å²) in [6, 6.07) is 11.0. The third-order valence-corrected chi connectivity index (χ3v) is 10.5. The lowest BCUT2D eigenvalue weighted by Gasteiger charge is -2.34. The van der Waals surface area contributed by atoms with E-state index >= 15 is 0 Å². The Labute approximate surface area is 264 Å². The molecule has 0 radical (unpaired) electrons. The van der Waals surface area contributed by atoms with E-state index in [4.69, 9.17) is 0 Å². The molecule has 2 unspecified atom stereocenters. The van der Waals surface area contributed by atoms with Crippen LogP contribution in [0.1, 0.15) is 113 Å². The summed E-state index contributed by atoms with van der Waals surface area (Å²) in [6.07, 6.45) is 5.39. The molecule has 0 aromatic heterocycles. The number of unbranched alkanes of at least 4 members (excludes halogenated alkanes) is 2. The molecule has 2 atom stereocenters. The Hall–Kier alpha value is -3.84. The first-order chi connectivity index (χ1) is 21.1. The van der Waals surface area contributed by atoms with Gasteiger partial charge in [-0.1, -0.05) is 67.6 Å². The summed E-state index contributed by atoms with van der Waals surface area (Å²) in [5, 5.41) is 6.71. The Morgan fingerprint density at radius 1 is 0.591 bits per heavy atom. The number of halogens is 1. The predicted octanol–water partition coefficient (Wildman–Crippen LogP) is 9.16. The van der Waals surface area contributed by atoms with Crippen molar-refractivity contribution in [3.8, 4) is 0 Å². The van der Waals surface area contributed by atoms with Gasteiger partial charge in [0.15, 0.2) is 0 Å². The Balaban J connectivity index is 1.54. The molecule has 0 spiro atoms. The first-order valence-electron chi connectivity index (χ1n) is 15.8. The van der Waals surface area contributed by atoms with Crippen LogP contribution in [0.5, 0.6) is 0 Å². The molecule has 0 bridgehead atoms. The van der Waals surface area contributed by atoms with Crippen LogP contribution in [0.25, 0.3) is 43.1 Å². The smallest absolute Gasteiger partial charge is 0.261 e. The van der Waals surface area contributed by atoms with Crippen molar-refractivity contribution in [2.45, 2.75) is 85.2 Å². The summed E-state index contributed by atoms with van der Waals surface area (Å²) < 4.78 is 0.745. The molecular weight excluding hydrogens is 616 g/mol. The molecule has 2 aliphatic heterocycles. The highest BCUT2D eigenvalue weighted by Crippen LogP contribution is 2.49. The quantitative estimate of drug-likeness (QED) is 0.0953. The van der Waals surface area contributed by atoms with Gasteiger partial charge in [-0.2, -0.15) is 0 Å². The molecule has 7 rings (SSSR count). The number of hydrogen-bond donors (Lipinski definition) is 0. The summed E-state index contributed by atoms with van der Waals surface area (Å²) >= 11 is 3.81. The van der Waals surface area contributed by atoms with Gasteiger partial charge in [0.2, 0.25) is 0 Å². The van der Waals surface area contributed by atoms with Gasteiger partial charge in [0.05, 0.1) is 0 Å². The molecule has 224 valence electrons. The zero-order valence-electron chi connectivity index (χ0n) is 25.8. The molecule has 7 heteroatoms. The maximum absolute atomic E-state index is 14.0. The molecule has 6 nitrogen and oxygen atoms in total. The van der Waals surface area contributed by atoms with Crippen molar-refractivity contribution < 1.29 is 19.2 Å². The van der Waals surface area contributed by atoms with Crippen molar-refractivity contribution in [1.82, 2.24) is 9.80 Å². The summed E-state index contributed by atoms with van der Waals surface area (Å²) in [5.41, 5.74) is 3.05. The summed E-state index contributed by atoms with van der Waals surface area (Å²) in [5.74, 6) is -1.03. The largest absolute Gasteiger partial charge is 0.272 e. The van der Waals surface area contributed by atoms with Crippen molar-refractivity contribution in [2.24, 2.45) is 0 Å². The zero-order valence-corrected chi connectivity index (χ0v) is 27.4. The van der Waals surface area contributed by atoms with E-state index in [-0.39, 0.29) is 35.7 Å². The van der Waals surface area contributed by atoms with Crippen LogP contribution in [0.3, 0.4) is 0 Å². The Morgan fingerprint density at radius 2 is 1.02 bits per heavy atom. The summed E-state index contributed by atoms with van der Waals surface area (Å²) in [6.45, 7) is 10.1. The number of amides is 4. The summed E-state index contributed by atoms with van der Waals surface area (Å²) in [4.78, 5) is 58.6. The van der Waals surface area contributed by atoms with E-state index in [1.165, 1.54) is 9.80 Å². The van der Waals surface area contributed by atoms with Gasteiger partial charge in [-0.25, -0.2) is 0 Å². The maximum atomic E-state index is 14.0. The first-order valence-corrected chi connectivity index (χ1v) is 16.6. The average molecular weight is 652 g/mol. The van der Waals surface area contributed by atoms with E-state index < -0.39 is 0 Å². The van der Waals surface area contributed by atoms with Crippen LogP contribution in [0.2, 0.25) is 0 Å². The molecule has 0 aliphatic carbocycles. The second-order valence-electron chi connectivity index (χ2n) is 12.7. The minimum atomic E-state index is -0.267. The third kappa shape index (κ3) is 3.77. The van der Waals surface area contributed by atoms with Crippen molar-refractivity contribution in [1.29, 1.82) is 0 Å². The lowest BCUT2D eigenvalue weighted by Crippen LogP contribution is -2.46. The maximum Gasteiger partial charge on any atom is 0.261 e. The predicted molar refractivity (Wildman–Crippen MR) is 179 cm³/mol. The van der Waals surface area contributed by atoms with E-state index in [2.05, 4.69) is 29.8 Å². The van der Waals surface area contributed by atoms with Gasteiger partial charge in [-0.3, -0.25) is 29.0 Å². The molecule has 44 heavy (non-hydrogen) atoms. The fraction of sp³-hybridized carbons (Fsp3) is 0.351. The average Bonchev–Trinajstić information content (AvgIpc) is 3.00. The van der Waals surface area contributed by atoms with Gasteiger partial charge in [-0.15, -0.1) is 0 Å². The van der Waals surface area contributed by atoms with Crippen molar-refractivity contribution in [3.05, 3.63) is 68.7 Å². The van der Waals surface area contributed by atoms with E-state index in [1.807, 2.05) is 57.2 Å². The monoisotopic (exact) mass is 650 g/mol. The Bertz CT molecular complexity index is 1950. The minimum absolute atomic E-state index is 0.198. The number of hydrogen-bond acceptors (Lipinski definition) is 4. The van der Waals surface area contributed by atoms with Crippen LogP contribution in [0, 0.1) is 6.92 Å². The van der Waals surface area contributed by atoms with Crippen LogP contribution in [-0.2, 0) is 0 Å². The molecule has 4 amide bonds. The van der Waals surface area contributed by atoms with Crippen LogP contribution in [0.15, 0.2) is 40.9 Å². The van der Waals surface area contributed by atoms with Gasteiger partial charge in [-0.05, 0) is 85.0 Å². The summed E-state index contributed by atoms with van der Waals surface area (Å²) in [7, 11) is 0. The lowest BCUT2D eigenvalue weighted by atomic mass is 9.80. The van der Waals surface area contributed by atoms with Crippen LogP contribution >= 0.6 is 15.9 Å². The molecule has 5 aromatic carbocycles. The fourth-order valence-electron chi connectivity index (χ4n) is 7.71. The highest BCUT2D eigenvalue weighted by molar-refractivity contribution is 9.10. The molecule has 5 aromatic rings. The number of imide groups is 2. The molecule has 0 fully saturated rings. The normalized spacial score (nSPS) is 16.4. The molecule has 2 heterocycles. The SMILES string of the molecule is CCCCC(C)N1C(=O)c2ccc3c4c(Br)cc5c6c(ccc(c7c(C)cc(c2c37)C1=O)c64)C(=O)N(C(C)CCCC)C5=O. The number of carbonyl (C=O) groups excluding carboxylic acids is 4. The van der Waals surface area contributed by atoms with Crippen molar-refractivity contribution >= 4 is 82.6 Å². The minimum Gasteiger partial charge on any atom is -0.272 e. The number of nitrogens with zero attached hydrogens (tertiary/aromatic N) is 2. The van der Waals surface area contributed by atoms with Gasteiger partial charge in [0, 0.05) is 60.4 Å². The van der Waals surface area contributed by atoms with Crippen LogP contribution in [0.4, 0.5) is 0 Å². The number of aryl methyl sites for hydroxylation is 1. The van der Waals surface area contributed by atoms with E-state index in [0.29, 0.717) is 33.0 Å². The van der Waals surface area contributed by atoms with Gasteiger partial charge in [0.25, 0.3) is 23.6 Å². The Kier molecular flexibility index (Phi) is 6.81. The van der Waals surface area contributed by atoms with Gasteiger partial charge >= 0.3 is 0 Å². The molecule has 0 saturated carbocycles. The molecule has 2 aliphatic rings. The first kappa shape index (κ1) is 28.9. The number of carbonyl (C=O) groups is 4. The fourth-order valence-corrected chi connectivity index (χ4v) is 8.36. The lowest BCUT2D eigenvalue weighted by molar-refractivity contribution is 0.0527. The number of fused-ring (bicyclic) bond motifs is 2. The second kappa shape index (κ2) is 10.4. The van der Waals surface area contributed by atoms with Crippen molar-refractivity contribution in [3.63, 3.8) is 0 Å². The second-order valence-corrected chi connectivity index (χ2v) is 13.5.